The smallest absolute Gasteiger partial charge is 0.407 e. The van der Waals surface area contributed by atoms with Gasteiger partial charge in [-0.05, 0) is 32.4 Å². The molecule has 26 heavy (non-hydrogen) atoms. The minimum Gasteiger partial charge on any atom is -0.444 e. The number of carbonyl (C=O) groups excluding carboxylic acids is 3. The van der Waals surface area contributed by atoms with Crippen molar-refractivity contribution in [3.8, 4) is 0 Å². The fourth-order valence-corrected chi connectivity index (χ4v) is 1.95. The van der Waals surface area contributed by atoms with Crippen molar-refractivity contribution < 1.29 is 19.1 Å². The van der Waals surface area contributed by atoms with Crippen molar-refractivity contribution in [3.05, 3.63) is 29.8 Å². The number of para-hydroxylation sites is 1. The molecular weight excluding hydrogens is 334 g/mol. The van der Waals surface area contributed by atoms with E-state index >= 15 is 0 Å². The molecule has 0 fully saturated rings. The molecule has 0 heterocycles. The monoisotopic (exact) mass is 363 g/mol. The maximum Gasteiger partial charge on any atom is 0.407 e. The van der Waals surface area contributed by atoms with Crippen LogP contribution in [0.4, 0.5) is 10.5 Å². The van der Waals surface area contributed by atoms with Crippen LogP contribution < -0.4 is 16.0 Å². The summed E-state index contributed by atoms with van der Waals surface area (Å²) in [4.78, 5) is 35.3. The zero-order valence-corrected chi connectivity index (χ0v) is 16.1. The molecule has 0 aromatic heterocycles. The van der Waals surface area contributed by atoms with E-state index < -0.39 is 11.7 Å². The van der Waals surface area contributed by atoms with E-state index in [4.69, 9.17) is 4.74 Å². The van der Waals surface area contributed by atoms with E-state index in [1.807, 2.05) is 32.0 Å². The Morgan fingerprint density at radius 1 is 1.08 bits per heavy atom. The van der Waals surface area contributed by atoms with Gasteiger partial charge in [0.15, 0.2) is 0 Å². The van der Waals surface area contributed by atoms with Gasteiger partial charge in [0.2, 0.25) is 11.8 Å². The molecule has 0 aliphatic rings. The number of amides is 3. The van der Waals surface area contributed by atoms with Crippen molar-refractivity contribution >= 4 is 23.6 Å². The molecule has 0 spiro atoms. The predicted molar refractivity (Wildman–Crippen MR) is 101 cm³/mol. The summed E-state index contributed by atoms with van der Waals surface area (Å²) in [5, 5.41) is 8.17. The standard InChI is InChI=1S/C19H29N3O4/c1-13(2)17(24)22-15-9-7-6-8-14(15)12-21-16(23)10-11-20-18(25)26-19(3,4)5/h6-9,13H,10-12H2,1-5H3,(H,20,25)(H,21,23)(H,22,24). The van der Waals surface area contributed by atoms with Gasteiger partial charge in [-0.1, -0.05) is 32.0 Å². The third-order valence-electron chi connectivity index (χ3n) is 3.30. The summed E-state index contributed by atoms with van der Waals surface area (Å²) in [6.45, 7) is 9.43. The molecule has 1 rings (SSSR count). The van der Waals surface area contributed by atoms with Gasteiger partial charge >= 0.3 is 6.09 Å². The van der Waals surface area contributed by atoms with E-state index in [1.165, 1.54) is 0 Å². The molecule has 7 heteroatoms. The van der Waals surface area contributed by atoms with Gasteiger partial charge in [0.1, 0.15) is 5.60 Å². The molecule has 0 aliphatic carbocycles. The largest absolute Gasteiger partial charge is 0.444 e. The van der Waals surface area contributed by atoms with Gasteiger partial charge in [0, 0.05) is 31.1 Å². The van der Waals surface area contributed by atoms with E-state index in [0.717, 1.165) is 5.56 Å². The summed E-state index contributed by atoms with van der Waals surface area (Å²) in [5.41, 5.74) is 0.921. The number of hydrogen-bond acceptors (Lipinski definition) is 4. The van der Waals surface area contributed by atoms with Crippen LogP contribution in [0.25, 0.3) is 0 Å². The fraction of sp³-hybridized carbons (Fsp3) is 0.526. The highest BCUT2D eigenvalue weighted by Crippen LogP contribution is 2.16. The molecule has 1 aromatic rings. The Morgan fingerprint density at radius 3 is 2.35 bits per heavy atom. The van der Waals surface area contributed by atoms with Gasteiger partial charge in [-0.2, -0.15) is 0 Å². The summed E-state index contributed by atoms with van der Waals surface area (Å²) in [6.07, 6.45) is -0.410. The summed E-state index contributed by atoms with van der Waals surface area (Å²) in [7, 11) is 0. The van der Waals surface area contributed by atoms with Crippen molar-refractivity contribution in [2.24, 2.45) is 5.92 Å². The third kappa shape index (κ3) is 8.50. The maximum absolute atomic E-state index is 11.9. The third-order valence-corrected chi connectivity index (χ3v) is 3.30. The minimum atomic E-state index is -0.573. The Bertz CT molecular complexity index is 636. The highest BCUT2D eigenvalue weighted by Gasteiger charge is 2.16. The second-order valence-electron chi connectivity index (χ2n) is 7.26. The highest BCUT2D eigenvalue weighted by molar-refractivity contribution is 5.92. The number of ether oxygens (including phenoxy) is 1. The lowest BCUT2D eigenvalue weighted by Crippen LogP contribution is -2.35. The van der Waals surface area contributed by atoms with E-state index in [0.29, 0.717) is 12.2 Å². The lowest BCUT2D eigenvalue weighted by atomic mass is 10.1. The van der Waals surface area contributed by atoms with Gasteiger partial charge in [0.25, 0.3) is 0 Å². The number of carbonyl (C=O) groups is 3. The average molecular weight is 363 g/mol. The van der Waals surface area contributed by atoms with Gasteiger partial charge in [-0.25, -0.2) is 4.79 Å². The van der Waals surface area contributed by atoms with Gasteiger partial charge < -0.3 is 20.7 Å². The topological polar surface area (TPSA) is 96.5 Å². The number of rotatable bonds is 7. The molecule has 0 aliphatic heterocycles. The Labute approximate surface area is 154 Å². The van der Waals surface area contributed by atoms with Crippen molar-refractivity contribution in [1.82, 2.24) is 10.6 Å². The molecule has 7 nitrogen and oxygen atoms in total. The molecule has 0 radical (unpaired) electrons. The number of benzene rings is 1. The second kappa shape index (κ2) is 9.79. The molecular formula is C19H29N3O4. The normalized spacial score (nSPS) is 11.0. The number of anilines is 1. The Hall–Kier alpha value is -2.57. The van der Waals surface area contributed by atoms with Crippen LogP contribution in [0.5, 0.6) is 0 Å². The average Bonchev–Trinajstić information content (AvgIpc) is 2.52. The Kier molecular flexibility index (Phi) is 8.09. The predicted octanol–water partition coefficient (Wildman–Crippen LogP) is 2.81. The maximum atomic E-state index is 11.9. The molecule has 0 bridgehead atoms. The number of alkyl carbamates (subject to hydrolysis) is 1. The zero-order valence-electron chi connectivity index (χ0n) is 16.1. The van der Waals surface area contributed by atoms with Crippen LogP contribution in [-0.2, 0) is 20.9 Å². The van der Waals surface area contributed by atoms with E-state index in [9.17, 15) is 14.4 Å². The van der Waals surface area contributed by atoms with Crippen LogP contribution >= 0.6 is 0 Å². The molecule has 3 amide bonds. The minimum absolute atomic E-state index is 0.0784. The summed E-state index contributed by atoms with van der Waals surface area (Å²) < 4.78 is 5.10. The first-order chi connectivity index (χ1) is 12.1. The van der Waals surface area contributed by atoms with Crippen LogP contribution in [0.2, 0.25) is 0 Å². The summed E-state index contributed by atoms with van der Waals surface area (Å²) in [5.74, 6) is -0.409. The number of nitrogens with one attached hydrogen (secondary N) is 3. The molecule has 0 saturated heterocycles. The van der Waals surface area contributed by atoms with Crippen LogP contribution in [-0.4, -0.2) is 30.1 Å². The van der Waals surface area contributed by atoms with Crippen molar-refractivity contribution in [2.45, 2.75) is 53.2 Å². The van der Waals surface area contributed by atoms with Gasteiger partial charge in [-0.3, -0.25) is 9.59 Å². The Balaban J connectivity index is 2.43. The summed E-state index contributed by atoms with van der Waals surface area (Å²) >= 11 is 0. The first kappa shape index (κ1) is 21.5. The quantitative estimate of drug-likeness (QED) is 0.694. The Morgan fingerprint density at radius 2 is 1.73 bits per heavy atom. The van der Waals surface area contributed by atoms with Crippen LogP contribution in [0, 0.1) is 5.92 Å². The van der Waals surface area contributed by atoms with Crippen molar-refractivity contribution in [3.63, 3.8) is 0 Å². The van der Waals surface area contributed by atoms with E-state index in [-0.39, 0.29) is 30.7 Å². The zero-order chi connectivity index (χ0) is 19.7. The van der Waals surface area contributed by atoms with Crippen LogP contribution in [0.15, 0.2) is 24.3 Å². The van der Waals surface area contributed by atoms with E-state index in [1.54, 1.807) is 26.8 Å². The SMILES string of the molecule is CC(C)C(=O)Nc1ccccc1CNC(=O)CCNC(=O)OC(C)(C)C. The van der Waals surface area contributed by atoms with Gasteiger partial charge in [-0.15, -0.1) is 0 Å². The second-order valence-corrected chi connectivity index (χ2v) is 7.26. The molecule has 0 saturated carbocycles. The molecule has 0 unspecified atom stereocenters. The van der Waals surface area contributed by atoms with Crippen LogP contribution in [0.1, 0.15) is 46.6 Å². The van der Waals surface area contributed by atoms with E-state index in [2.05, 4.69) is 16.0 Å². The van der Waals surface area contributed by atoms with Crippen LogP contribution in [0.3, 0.4) is 0 Å². The lowest BCUT2D eigenvalue weighted by Gasteiger charge is -2.19. The molecule has 144 valence electrons. The molecule has 1 aromatic carbocycles. The summed E-state index contributed by atoms with van der Waals surface area (Å²) in [6, 6.07) is 7.31. The first-order valence-electron chi connectivity index (χ1n) is 8.71. The fourth-order valence-electron chi connectivity index (χ4n) is 1.95. The lowest BCUT2D eigenvalue weighted by molar-refractivity contribution is -0.121. The first-order valence-corrected chi connectivity index (χ1v) is 8.71. The number of hydrogen-bond donors (Lipinski definition) is 3. The van der Waals surface area contributed by atoms with Gasteiger partial charge in [0.05, 0.1) is 0 Å². The van der Waals surface area contributed by atoms with Crippen molar-refractivity contribution in [2.75, 3.05) is 11.9 Å². The van der Waals surface area contributed by atoms with Crippen molar-refractivity contribution in [1.29, 1.82) is 0 Å². The molecule has 3 N–H and O–H groups in total. The highest BCUT2D eigenvalue weighted by atomic mass is 16.6. The molecule has 0 atom stereocenters.